The number of rotatable bonds is 4. The van der Waals surface area contributed by atoms with Crippen LogP contribution in [0, 0.1) is 18.3 Å². The number of halogens is 2. The Labute approximate surface area is 119 Å². The molecule has 0 fully saturated rings. The number of nitrogens with zero attached hydrogens (tertiary/aromatic N) is 1. The van der Waals surface area contributed by atoms with Crippen LogP contribution in [-0.2, 0) is 9.53 Å². The fourth-order valence-corrected chi connectivity index (χ4v) is 2.29. The van der Waals surface area contributed by atoms with E-state index in [1.54, 1.807) is 12.1 Å². The van der Waals surface area contributed by atoms with Gasteiger partial charge in [-0.2, -0.15) is 5.26 Å². The Morgan fingerprint density at radius 3 is 2.83 bits per heavy atom. The van der Waals surface area contributed by atoms with Crippen LogP contribution in [-0.4, -0.2) is 18.7 Å². The fourth-order valence-electron chi connectivity index (χ4n) is 1.26. The van der Waals surface area contributed by atoms with Gasteiger partial charge in [0.15, 0.2) is 12.7 Å². The monoisotopic (exact) mass is 331 g/mol. The number of ether oxygens (including phenoxy) is 2. The molecule has 0 heterocycles. The van der Waals surface area contributed by atoms with E-state index in [4.69, 9.17) is 26.3 Å². The number of carbonyl (C=O) groups excluding carboxylic acids is 1. The van der Waals surface area contributed by atoms with Crippen LogP contribution in [0.2, 0.25) is 5.02 Å². The molecule has 0 aliphatic carbocycles. The first-order valence-corrected chi connectivity index (χ1v) is 6.28. The smallest absolute Gasteiger partial charge is 0.345 e. The number of aryl methyl sites for hydroxylation is 1. The van der Waals surface area contributed by atoms with E-state index >= 15 is 0 Å². The third kappa shape index (κ3) is 4.21. The normalized spacial score (nSPS) is 11.5. The van der Waals surface area contributed by atoms with Crippen molar-refractivity contribution in [3.63, 3.8) is 0 Å². The average Bonchev–Trinajstić information content (AvgIpc) is 2.27. The number of benzene rings is 1. The van der Waals surface area contributed by atoms with Gasteiger partial charge in [0.1, 0.15) is 11.8 Å². The quantitative estimate of drug-likeness (QED) is 0.794. The summed E-state index contributed by atoms with van der Waals surface area (Å²) in [5.41, 5.74) is 0.801. The molecule has 6 heteroatoms. The van der Waals surface area contributed by atoms with Crippen LogP contribution in [0.5, 0.6) is 5.75 Å². The second kappa shape index (κ2) is 6.62. The van der Waals surface area contributed by atoms with Crippen molar-refractivity contribution >= 4 is 33.5 Å². The third-order valence-electron chi connectivity index (χ3n) is 2.02. The molecule has 1 aromatic carbocycles. The van der Waals surface area contributed by atoms with Gasteiger partial charge in [0.05, 0.1) is 5.02 Å². The molecule has 4 nitrogen and oxygen atoms in total. The van der Waals surface area contributed by atoms with E-state index in [1.165, 1.54) is 6.92 Å². The standard InChI is InChI=1S/C12H11BrClNO3/c1-7-3-9(13)4-10(14)12(7)17-6-11(16)18-8(2)5-15/h3-4,8H,6H2,1-2H3/t8-/m1/s1. The molecule has 1 atom stereocenters. The summed E-state index contributed by atoms with van der Waals surface area (Å²) in [5, 5.41) is 8.90. The van der Waals surface area contributed by atoms with Gasteiger partial charge in [0.25, 0.3) is 0 Å². The van der Waals surface area contributed by atoms with Crippen LogP contribution in [0.4, 0.5) is 0 Å². The summed E-state index contributed by atoms with van der Waals surface area (Å²) in [6, 6.07) is 5.29. The number of esters is 1. The maximum absolute atomic E-state index is 11.3. The van der Waals surface area contributed by atoms with Crippen LogP contribution in [0.15, 0.2) is 16.6 Å². The summed E-state index contributed by atoms with van der Waals surface area (Å²) in [6.07, 6.45) is -0.789. The topological polar surface area (TPSA) is 59.3 Å². The molecule has 0 radical (unpaired) electrons. The van der Waals surface area contributed by atoms with Crippen LogP contribution in [0.25, 0.3) is 0 Å². The first-order valence-electron chi connectivity index (χ1n) is 5.11. The molecule has 0 N–H and O–H groups in total. The second-order valence-corrected chi connectivity index (χ2v) is 4.91. The first-order chi connectivity index (χ1) is 8.43. The van der Waals surface area contributed by atoms with Crippen molar-refractivity contribution in [1.29, 1.82) is 5.26 Å². The highest BCUT2D eigenvalue weighted by molar-refractivity contribution is 9.10. The van der Waals surface area contributed by atoms with E-state index in [0.717, 1.165) is 10.0 Å². The SMILES string of the molecule is Cc1cc(Br)cc(Cl)c1OCC(=O)O[C@H](C)C#N. The lowest BCUT2D eigenvalue weighted by molar-refractivity contribution is -0.148. The van der Waals surface area contributed by atoms with E-state index in [1.807, 2.05) is 13.0 Å². The molecular weight excluding hydrogens is 321 g/mol. The van der Waals surface area contributed by atoms with E-state index in [0.29, 0.717) is 10.8 Å². The summed E-state index contributed by atoms with van der Waals surface area (Å²) in [5.74, 6) is -0.177. The van der Waals surface area contributed by atoms with Gasteiger partial charge in [0.2, 0.25) is 0 Å². The summed E-state index contributed by atoms with van der Waals surface area (Å²) >= 11 is 9.29. The molecule has 0 amide bonds. The summed E-state index contributed by atoms with van der Waals surface area (Å²) in [4.78, 5) is 11.3. The van der Waals surface area contributed by atoms with Crippen molar-refractivity contribution in [2.45, 2.75) is 20.0 Å². The van der Waals surface area contributed by atoms with Gasteiger partial charge in [-0.3, -0.25) is 0 Å². The number of nitriles is 1. The predicted molar refractivity (Wildman–Crippen MR) is 70.6 cm³/mol. The van der Waals surface area contributed by atoms with Crippen LogP contribution < -0.4 is 4.74 Å². The molecule has 1 rings (SSSR count). The molecule has 0 bridgehead atoms. The zero-order valence-electron chi connectivity index (χ0n) is 9.87. The summed E-state index contributed by atoms with van der Waals surface area (Å²) in [6.45, 7) is 3.01. The van der Waals surface area contributed by atoms with Crippen molar-refractivity contribution in [3.05, 3.63) is 27.2 Å². The molecule has 96 valence electrons. The Kier molecular flexibility index (Phi) is 5.45. The molecule has 0 saturated heterocycles. The summed E-state index contributed by atoms with van der Waals surface area (Å²) in [7, 11) is 0. The van der Waals surface area contributed by atoms with Crippen molar-refractivity contribution in [2.24, 2.45) is 0 Å². The molecule has 1 aromatic rings. The molecule has 0 spiro atoms. The zero-order valence-corrected chi connectivity index (χ0v) is 12.2. The Hall–Kier alpha value is -1.25. The molecule has 0 aliphatic rings. The molecule has 18 heavy (non-hydrogen) atoms. The molecular formula is C12H11BrClNO3. The predicted octanol–water partition coefficient (Wildman–Crippen LogP) is 3.25. The van der Waals surface area contributed by atoms with E-state index < -0.39 is 12.1 Å². The minimum atomic E-state index is -0.789. The summed E-state index contributed by atoms with van der Waals surface area (Å²) < 4.78 is 10.9. The lowest BCUT2D eigenvalue weighted by Gasteiger charge is -2.11. The van der Waals surface area contributed by atoms with Crippen LogP contribution >= 0.6 is 27.5 Å². The van der Waals surface area contributed by atoms with Gasteiger partial charge in [-0.15, -0.1) is 0 Å². The van der Waals surface area contributed by atoms with Gasteiger partial charge >= 0.3 is 5.97 Å². The molecule has 0 aliphatic heterocycles. The number of carbonyl (C=O) groups is 1. The minimum Gasteiger partial charge on any atom is -0.480 e. The maximum atomic E-state index is 11.3. The Balaban J connectivity index is 2.65. The zero-order chi connectivity index (χ0) is 13.7. The van der Waals surface area contributed by atoms with Gasteiger partial charge in [0, 0.05) is 4.47 Å². The van der Waals surface area contributed by atoms with Crippen molar-refractivity contribution in [3.8, 4) is 11.8 Å². The average molecular weight is 333 g/mol. The molecule has 0 unspecified atom stereocenters. The highest BCUT2D eigenvalue weighted by Gasteiger charge is 2.12. The Bertz CT molecular complexity index is 476. The van der Waals surface area contributed by atoms with E-state index in [-0.39, 0.29) is 6.61 Å². The lowest BCUT2D eigenvalue weighted by Crippen LogP contribution is -2.19. The highest BCUT2D eigenvalue weighted by atomic mass is 79.9. The van der Waals surface area contributed by atoms with Crippen LogP contribution in [0.1, 0.15) is 12.5 Å². The van der Waals surface area contributed by atoms with Gasteiger partial charge in [-0.25, -0.2) is 4.79 Å². The number of hydrogen-bond donors (Lipinski definition) is 0. The van der Waals surface area contributed by atoms with E-state index in [2.05, 4.69) is 15.9 Å². The van der Waals surface area contributed by atoms with Crippen LogP contribution in [0.3, 0.4) is 0 Å². The molecule has 0 aromatic heterocycles. The van der Waals surface area contributed by atoms with Gasteiger partial charge < -0.3 is 9.47 Å². The fraction of sp³-hybridized carbons (Fsp3) is 0.333. The van der Waals surface area contributed by atoms with Crippen molar-refractivity contribution < 1.29 is 14.3 Å². The first kappa shape index (κ1) is 14.8. The van der Waals surface area contributed by atoms with Crippen molar-refractivity contribution in [1.82, 2.24) is 0 Å². The number of hydrogen-bond acceptors (Lipinski definition) is 4. The van der Waals surface area contributed by atoms with Crippen molar-refractivity contribution in [2.75, 3.05) is 6.61 Å². The third-order valence-corrected chi connectivity index (χ3v) is 2.76. The molecule has 0 saturated carbocycles. The second-order valence-electron chi connectivity index (χ2n) is 3.58. The lowest BCUT2D eigenvalue weighted by atomic mass is 10.2. The Morgan fingerprint density at radius 1 is 1.61 bits per heavy atom. The Morgan fingerprint density at radius 2 is 2.28 bits per heavy atom. The highest BCUT2D eigenvalue weighted by Crippen LogP contribution is 2.31. The minimum absolute atomic E-state index is 0.284. The van der Waals surface area contributed by atoms with Gasteiger partial charge in [-0.05, 0) is 31.5 Å². The largest absolute Gasteiger partial charge is 0.480 e. The van der Waals surface area contributed by atoms with Gasteiger partial charge in [-0.1, -0.05) is 27.5 Å². The van der Waals surface area contributed by atoms with E-state index in [9.17, 15) is 4.79 Å². The maximum Gasteiger partial charge on any atom is 0.345 e.